The van der Waals surface area contributed by atoms with E-state index in [2.05, 4.69) is 18.2 Å². The summed E-state index contributed by atoms with van der Waals surface area (Å²) in [7, 11) is 1.77. The molecule has 0 aromatic heterocycles. The number of methoxy groups -OCH3 is 1. The van der Waals surface area contributed by atoms with Crippen LogP contribution < -0.4 is 10.5 Å². The molecule has 1 fully saturated rings. The molecule has 1 aromatic rings. The Morgan fingerprint density at radius 1 is 1.41 bits per heavy atom. The van der Waals surface area contributed by atoms with E-state index in [-0.39, 0.29) is 11.6 Å². The molecule has 3 nitrogen and oxygen atoms in total. The van der Waals surface area contributed by atoms with Gasteiger partial charge in [-0.15, -0.1) is 0 Å². The molecule has 0 radical (unpaired) electrons. The summed E-state index contributed by atoms with van der Waals surface area (Å²) in [6.07, 6.45) is 4.30. The first-order valence-corrected chi connectivity index (χ1v) is 6.32. The molecule has 0 spiro atoms. The van der Waals surface area contributed by atoms with Gasteiger partial charge < -0.3 is 15.2 Å². The summed E-state index contributed by atoms with van der Waals surface area (Å²) in [5, 5.41) is 0. The number of ether oxygens (including phenoxy) is 2. The van der Waals surface area contributed by atoms with E-state index in [1.165, 1.54) is 12.0 Å². The van der Waals surface area contributed by atoms with E-state index < -0.39 is 0 Å². The molecule has 3 heteroatoms. The van der Waals surface area contributed by atoms with Crippen LogP contribution in [0.1, 0.15) is 36.4 Å². The number of hydrogen-bond acceptors (Lipinski definition) is 3. The van der Waals surface area contributed by atoms with Crippen LogP contribution >= 0.6 is 0 Å². The van der Waals surface area contributed by atoms with Crippen molar-refractivity contribution in [1.29, 1.82) is 0 Å². The Kier molecular flexibility index (Phi) is 2.60. The highest BCUT2D eigenvalue weighted by atomic mass is 16.5. The minimum absolute atomic E-state index is 0.0747. The fourth-order valence-electron chi connectivity index (χ4n) is 2.94. The molecule has 17 heavy (non-hydrogen) atoms. The zero-order chi connectivity index (χ0) is 11.9. The minimum atomic E-state index is -0.166. The van der Waals surface area contributed by atoms with Crippen LogP contribution in [0, 0.1) is 0 Å². The fraction of sp³-hybridized carbons (Fsp3) is 0.571. The Morgan fingerprint density at radius 3 is 2.88 bits per heavy atom. The Bertz CT molecular complexity index is 421. The Hall–Kier alpha value is -1.06. The number of hydrogen-bond donors (Lipinski definition) is 1. The number of benzene rings is 1. The van der Waals surface area contributed by atoms with E-state index in [1.54, 1.807) is 7.11 Å². The third-order valence-corrected chi connectivity index (χ3v) is 4.25. The van der Waals surface area contributed by atoms with Crippen molar-refractivity contribution >= 4 is 0 Å². The van der Waals surface area contributed by atoms with Crippen LogP contribution in [0.3, 0.4) is 0 Å². The predicted molar refractivity (Wildman–Crippen MR) is 66.2 cm³/mol. The Balaban J connectivity index is 1.96. The molecule has 1 atom stereocenters. The van der Waals surface area contributed by atoms with Crippen molar-refractivity contribution in [3.8, 4) is 5.75 Å². The first kappa shape index (κ1) is 11.1. The second kappa shape index (κ2) is 4.00. The molecule has 1 heterocycles. The summed E-state index contributed by atoms with van der Waals surface area (Å²) < 4.78 is 11.4. The van der Waals surface area contributed by atoms with Gasteiger partial charge >= 0.3 is 0 Å². The summed E-state index contributed by atoms with van der Waals surface area (Å²) >= 11 is 0. The summed E-state index contributed by atoms with van der Waals surface area (Å²) in [6, 6.07) is 6.20. The molecule has 92 valence electrons. The van der Waals surface area contributed by atoms with E-state index >= 15 is 0 Å². The average Bonchev–Trinajstić information content (AvgIpc) is 2.75. The summed E-state index contributed by atoms with van der Waals surface area (Å²) in [4.78, 5) is 0. The minimum Gasteiger partial charge on any atom is -0.493 e. The van der Waals surface area contributed by atoms with Crippen LogP contribution in [-0.2, 0) is 11.2 Å². The van der Waals surface area contributed by atoms with Crippen LogP contribution in [0.25, 0.3) is 0 Å². The maximum absolute atomic E-state index is 6.41. The molecule has 0 saturated heterocycles. The van der Waals surface area contributed by atoms with Gasteiger partial charge in [-0.3, -0.25) is 0 Å². The van der Waals surface area contributed by atoms with Crippen LogP contribution in [0.5, 0.6) is 5.75 Å². The Morgan fingerprint density at radius 2 is 2.24 bits per heavy atom. The molecule has 1 aliphatic heterocycles. The average molecular weight is 233 g/mol. The lowest BCUT2D eigenvalue weighted by molar-refractivity contribution is -0.0914. The lowest BCUT2D eigenvalue weighted by atomic mass is 9.72. The van der Waals surface area contributed by atoms with Gasteiger partial charge in [-0.25, -0.2) is 0 Å². The lowest BCUT2D eigenvalue weighted by Crippen LogP contribution is -2.48. The quantitative estimate of drug-likeness (QED) is 0.870. The molecular formula is C14H19NO2. The van der Waals surface area contributed by atoms with Gasteiger partial charge in [0.05, 0.1) is 18.2 Å². The van der Waals surface area contributed by atoms with Gasteiger partial charge in [0.25, 0.3) is 0 Å². The third kappa shape index (κ3) is 1.57. The highest BCUT2D eigenvalue weighted by molar-refractivity contribution is 5.46. The van der Waals surface area contributed by atoms with E-state index in [9.17, 15) is 0 Å². The fourth-order valence-corrected chi connectivity index (χ4v) is 2.94. The van der Waals surface area contributed by atoms with Crippen molar-refractivity contribution in [1.82, 2.24) is 0 Å². The molecule has 2 aliphatic rings. The van der Waals surface area contributed by atoms with Gasteiger partial charge in [-0.05, 0) is 24.8 Å². The Labute approximate surface area is 102 Å². The topological polar surface area (TPSA) is 44.5 Å². The van der Waals surface area contributed by atoms with Crippen LogP contribution in [-0.4, -0.2) is 19.3 Å². The van der Waals surface area contributed by atoms with Gasteiger partial charge in [-0.1, -0.05) is 18.2 Å². The summed E-state index contributed by atoms with van der Waals surface area (Å²) in [5.41, 5.74) is 8.64. The summed E-state index contributed by atoms with van der Waals surface area (Å²) in [6.45, 7) is 0.777. The van der Waals surface area contributed by atoms with Crippen molar-refractivity contribution in [3.63, 3.8) is 0 Å². The molecule has 0 amide bonds. The highest BCUT2D eigenvalue weighted by Gasteiger charge is 2.44. The maximum atomic E-state index is 6.41. The molecule has 0 bridgehead atoms. The largest absolute Gasteiger partial charge is 0.493 e. The second-order valence-electron chi connectivity index (χ2n) is 5.03. The normalized spacial score (nSPS) is 22.5. The summed E-state index contributed by atoms with van der Waals surface area (Å²) in [5.74, 6) is 1.00. The van der Waals surface area contributed by atoms with Crippen LogP contribution in [0.15, 0.2) is 18.2 Å². The monoisotopic (exact) mass is 233 g/mol. The SMILES string of the molecule is COC1(C(N)c2cccc3c2OCC3)CCC1. The lowest BCUT2D eigenvalue weighted by Gasteiger charge is -2.45. The number of fused-ring (bicyclic) bond motifs is 1. The molecule has 1 aromatic carbocycles. The van der Waals surface area contributed by atoms with Crippen LogP contribution in [0.4, 0.5) is 0 Å². The molecule has 1 aliphatic carbocycles. The van der Waals surface area contributed by atoms with E-state index in [1.807, 2.05) is 0 Å². The molecule has 1 saturated carbocycles. The standard InChI is InChI=1S/C14H19NO2/c1-16-14(7-3-8-14)13(15)11-5-2-4-10-6-9-17-12(10)11/h2,4-5,13H,3,6-9,15H2,1H3. The predicted octanol–water partition coefficient (Wildman–Crippen LogP) is 2.19. The third-order valence-electron chi connectivity index (χ3n) is 4.25. The van der Waals surface area contributed by atoms with E-state index in [0.717, 1.165) is 37.2 Å². The molecule has 2 N–H and O–H groups in total. The van der Waals surface area contributed by atoms with Crippen molar-refractivity contribution in [2.75, 3.05) is 13.7 Å². The van der Waals surface area contributed by atoms with Gasteiger partial charge in [0.15, 0.2) is 0 Å². The van der Waals surface area contributed by atoms with Gasteiger partial charge in [0.1, 0.15) is 5.75 Å². The number of rotatable bonds is 3. The van der Waals surface area contributed by atoms with E-state index in [0.29, 0.717) is 0 Å². The first-order valence-electron chi connectivity index (χ1n) is 6.32. The van der Waals surface area contributed by atoms with Gasteiger partial charge in [-0.2, -0.15) is 0 Å². The highest BCUT2D eigenvalue weighted by Crippen LogP contribution is 2.46. The van der Waals surface area contributed by atoms with Gasteiger partial charge in [0, 0.05) is 19.1 Å². The van der Waals surface area contributed by atoms with Crippen molar-refractivity contribution < 1.29 is 9.47 Å². The molecule has 3 rings (SSSR count). The molecule has 1 unspecified atom stereocenters. The van der Waals surface area contributed by atoms with Crippen molar-refractivity contribution in [2.24, 2.45) is 5.73 Å². The van der Waals surface area contributed by atoms with E-state index in [4.69, 9.17) is 15.2 Å². The zero-order valence-electron chi connectivity index (χ0n) is 10.2. The zero-order valence-corrected chi connectivity index (χ0v) is 10.2. The number of para-hydroxylation sites is 1. The number of nitrogens with two attached hydrogens (primary N) is 1. The first-order chi connectivity index (χ1) is 8.27. The van der Waals surface area contributed by atoms with Crippen molar-refractivity contribution in [2.45, 2.75) is 37.3 Å². The van der Waals surface area contributed by atoms with Gasteiger partial charge in [0.2, 0.25) is 0 Å². The second-order valence-corrected chi connectivity index (χ2v) is 5.03. The van der Waals surface area contributed by atoms with Crippen LogP contribution in [0.2, 0.25) is 0 Å². The smallest absolute Gasteiger partial charge is 0.127 e. The maximum Gasteiger partial charge on any atom is 0.127 e. The molecular weight excluding hydrogens is 214 g/mol. The van der Waals surface area contributed by atoms with Crippen molar-refractivity contribution in [3.05, 3.63) is 29.3 Å².